The highest BCUT2D eigenvalue weighted by molar-refractivity contribution is 5.90. The fraction of sp³-hybridized carbons (Fsp3) is 0.318. The Bertz CT molecular complexity index is 957. The maximum atomic E-state index is 12.4. The molecule has 2 amide bonds. The van der Waals surface area contributed by atoms with Gasteiger partial charge in [-0.3, -0.25) is 4.90 Å². The Balaban J connectivity index is 1.28. The van der Waals surface area contributed by atoms with Crippen LogP contribution >= 0.6 is 0 Å². The number of urea groups is 1. The normalized spacial score (nSPS) is 16.7. The Morgan fingerprint density at radius 3 is 2.79 bits per heavy atom. The van der Waals surface area contributed by atoms with E-state index in [9.17, 15) is 4.79 Å². The summed E-state index contributed by atoms with van der Waals surface area (Å²) in [5.74, 6) is 1.19. The lowest BCUT2D eigenvalue weighted by molar-refractivity contribution is 0.247. The number of aryl methyl sites for hydroxylation is 1. The van der Waals surface area contributed by atoms with Crippen molar-refractivity contribution in [3.05, 3.63) is 66.0 Å². The minimum Gasteiger partial charge on any atom is -0.334 e. The average Bonchev–Trinajstić information content (AvgIpc) is 3.39. The molecule has 0 saturated carbocycles. The molecule has 2 heterocycles. The van der Waals surface area contributed by atoms with Gasteiger partial charge in [0.2, 0.25) is 0 Å². The first-order valence-electron chi connectivity index (χ1n) is 9.97. The monoisotopic (exact) mass is 391 g/mol. The maximum Gasteiger partial charge on any atom is 0.319 e. The number of anilines is 1. The number of carbonyl (C=O) groups is 1. The summed E-state index contributed by atoms with van der Waals surface area (Å²) in [7, 11) is 0. The van der Waals surface area contributed by atoms with Gasteiger partial charge in [-0.2, -0.15) is 4.98 Å². The van der Waals surface area contributed by atoms with Crippen molar-refractivity contribution in [1.82, 2.24) is 20.4 Å². The van der Waals surface area contributed by atoms with E-state index >= 15 is 0 Å². The number of nitrogens with one attached hydrogen (secondary N) is 2. The Morgan fingerprint density at radius 1 is 1.17 bits per heavy atom. The van der Waals surface area contributed by atoms with Crippen LogP contribution in [-0.2, 0) is 13.0 Å². The average molecular weight is 391 g/mol. The predicted molar refractivity (Wildman–Crippen MR) is 111 cm³/mol. The summed E-state index contributed by atoms with van der Waals surface area (Å²) in [5.41, 5.74) is 2.90. The largest absolute Gasteiger partial charge is 0.334 e. The summed E-state index contributed by atoms with van der Waals surface area (Å²) in [6.45, 7) is 4.33. The molecule has 2 N–H and O–H groups in total. The van der Waals surface area contributed by atoms with Crippen LogP contribution in [0.25, 0.3) is 11.5 Å². The van der Waals surface area contributed by atoms with Crippen molar-refractivity contribution in [2.45, 2.75) is 32.4 Å². The summed E-state index contributed by atoms with van der Waals surface area (Å²) < 4.78 is 5.37. The Kier molecular flexibility index (Phi) is 5.86. The highest BCUT2D eigenvalue weighted by Gasteiger charge is 2.25. The predicted octanol–water partition coefficient (Wildman–Crippen LogP) is 3.70. The number of likely N-dealkylation sites (tertiary alicyclic amines) is 1. The Hall–Kier alpha value is -3.19. The number of amides is 2. The van der Waals surface area contributed by atoms with E-state index < -0.39 is 0 Å². The quantitative estimate of drug-likeness (QED) is 0.669. The van der Waals surface area contributed by atoms with E-state index in [1.54, 1.807) is 0 Å². The SMILES string of the molecule is CCc1ccccc1NC(=O)N[C@@H]1CCN(Cc2noc(-c3ccccc3)n2)C1. The van der Waals surface area contributed by atoms with Crippen molar-refractivity contribution in [1.29, 1.82) is 0 Å². The van der Waals surface area contributed by atoms with Crippen LogP contribution in [-0.4, -0.2) is 40.2 Å². The molecule has 7 nitrogen and oxygen atoms in total. The Labute approximate surface area is 170 Å². The number of rotatable bonds is 6. The molecule has 0 aliphatic carbocycles. The number of nitrogens with zero attached hydrogens (tertiary/aromatic N) is 3. The number of para-hydroxylation sites is 1. The second-order valence-electron chi connectivity index (χ2n) is 7.21. The second-order valence-corrected chi connectivity index (χ2v) is 7.21. The van der Waals surface area contributed by atoms with Crippen LogP contribution in [0.3, 0.4) is 0 Å². The van der Waals surface area contributed by atoms with Crippen LogP contribution in [0, 0.1) is 0 Å². The topological polar surface area (TPSA) is 83.3 Å². The van der Waals surface area contributed by atoms with Crippen molar-refractivity contribution in [2.75, 3.05) is 18.4 Å². The first-order chi connectivity index (χ1) is 14.2. The van der Waals surface area contributed by atoms with E-state index in [1.807, 2.05) is 54.6 Å². The highest BCUT2D eigenvalue weighted by Crippen LogP contribution is 2.19. The molecule has 1 aliphatic heterocycles. The zero-order valence-corrected chi connectivity index (χ0v) is 16.5. The lowest BCUT2D eigenvalue weighted by Gasteiger charge is -2.16. The van der Waals surface area contributed by atoms with E-state index in [4.69, 9.17) is 4.52 Å². The van der Waals surface area contributed by atoms with Gasteiger partial charge in [0, 0.05) is 30.4 Å². The van der Waals surface area contributed by atoms with Crippen LogP contribution in [0.2, 0.25) is 0 Å². The van der Waals surface area contributed by atoms with E-state index in [2.05, 4.69) is 32.6 Å². The third-order valence-electron chi connectivity index (χ3n) is 5.11. The van der Waals surface area contributed by atoms with Gasteiger partial charge in [0.1, 0.15) is 0 Å². The minimum atomic E-state index is -0.163. The minimum absolute atomic E-state index is 0.101. The molecule has 0 unspecified atom stereocenters. The van der Waals surface area contributed by atoms with Gasteiger partial charge in [-0.05, 0) is 36.6 Å². The zero-order valence-electron chi connectivity index (χ0n) is 16.5. The molecular formula is C22H25N5O2. The smallest absolute Gasteiger partial charge is 0.319 e. The molecule has 1 atom stereocenters. The second kappa shape index (κ2) is 8.87. The van der Waals surface area contributed by atoms with Gasteiger partial charge in [0.15, 0.2) is 5.82 Å². The third-order valence-corrected chi connectivity index (χ3v) is 5.11. The van der Waals surface area contributed by atoms with Gasteiger partial charge in [-0.15, -0.1) is 0 Å². The number of hydrogen-bond acceptors (Lipinski definition) is 5. The van der Waals surface area contributed by atoms with Crippen LogP contribution in [0.15, 0.2) is 59.1 Å². The molecule has 0 radical (unpaired) electrons. The lowest BCUT2D eigenvalue weighted by Crippen LogP contribution is -2.39. The molecule has 150 valence electrons. The van der Waals surface area contributed by atoms with E-state index in [0.717, 1.165) is 42.7 Å². The molecule has 1 aromatic heterocycles. The zero-order chi connectivity index (χ0) is 20.1. The molecule has 4 rings (SSSR count). The van der Waals surface area contributed by atoms with Crippen LogP contribution in [0.5, 0.6) is 0 Å². The summed E-state index contributed by atoms with van der Waals surface area (Å²) in [6, 6.07) is 17.5. The lowest BCUT2D eigenvalue weighted by atomic mass is 10.1. The highest BCUT2D eigenvalue weighted by atomic mass is 16.5. The van der Waals surface area contributed by atoms with E-state index in [0.29, 0.717) is 18.3 Å². The van der Waals surface area contributed by atoms with Crippen molar-refractivity contribution in [3.63, 3.8) is 0 Å². The van der Waals surface area contributed by atoms with Gasteiger partial charge in [-0.1, -0.05) is 48.5 Å². The van der Waals surface area contributed by atoms with Crippen molar-refractivity contribution in [2.24, 2.45) is 0 Å². The van der Waals surface area contributed by atoms with Gasteiger partial charge in [0.05, 0.1) is 6.54 Å². The van der Waals surface area contributed by atoms with Crippen LogP contribution in [0.1, 0.15) is 24.7 Å². The van der Waals surface area contributed by atoms with E-state index in [1.165, 1.54) is 0 Å². The summed E-state index contributed by atoms with van der Waals surface area (Å²) in [4.78, 5) is 19.1. The maximum absolute atomic E-state index is 12.4. The van der Waals surface area contributed by atoms with Gasteiger partial charge < -0.3 is 15.2 Å². The number of hydrogen-bond donors (Lipinski definition) is 2. The molecule has 7 heteroatoms. The molecular weight excluding hydrogens is 366 g/mol. The first kappa shape index (κ1) is 19.1. The van der Waals surface area contributed by atoms with Gasteiger partial charge in [0.25, 0.3) is 5.89 Å². The number of carbonyl (C=O) groups excluding carboxylic acids is 1. The van der Waals surface area contributed by atoms with Crippen molar-refractivity contribution in [3.8, 4) is 11.5 Å². The van der Waals surface area contributed by atoms with Crippen LogP contribution < -0.4 is 10.6 Å². The van der Waals surface area contributed by atoms with Crippen molar-refractivity contribution >= 4 is 11.7 Å². The molecule has 29 heavy (non-hydrogen) atoms. The molecule has 1 fully saturated rings. The molecule has 0 spiro atoms. The molecule has 2 aromatic carbocycles. The Morgan fingerprint density at radius 2 is 1.97 bits per heavy atom. The molecule has 1 aliphatic rings. The van der Waals surface area contributed by atoms with E-state index in [-0.39, 0.29) is 12.1 Å². The number of benzene rings is 2. The van der Waals surface area contributed by atoms with Crippen molar-refractivity contribution < 1.29 is 9.32 Å². The molecule has 3 aromatic rings. The first-order valence-corrected chi connectivity index (χ1v) is 9.97. The summed E-state index contributed by atoms with van der Waals surface area (Å²) in [5, 5.41) is 10.1. The third kappa shape index (κ3) is 4.81. The standard InChI is InChI=1S/C22H25N5O2/c1-2-16-8-6-7-11-19(16)24-22(28)23-18-12-13-27(14-18)15-20-25-21(29-26-20)17-9-4-3-5-10-17/h3-11,18H,2,12-15H2,1H3,(H2,23,24,28)/t18-/m1/s1. The summed E-state index contributed by atoms with van der Waals surface area (Å²) in [6.07, 6.45) is 1.77. The van der Waals surface area contributed by atoms with Crippen LogP contribution in [0.4, 0.5) is 10.5 Å². The van der Waals surface area contributed by atoms with Gasteiger partial charge in [-0.25, -0.2) is 4.79 Å². The van der Waals surface area contributed by atoms with Gasteiger partial charge >= 0.3 is 6.03 Å². The summed E-state index contributed by atoms with van der Waals surface area (Å²) >= 11 is 0. The molecule has 1 saturated heterocycles. The number of aromatic nitrogens is 2. The molecule has 0 bridgehead atoms. The fourth-order valence-electron chi connectivity index (χ4n) is 3.60. The fourth-order valence-corrected chi connectivity index (χ4v) is 3.60.